The lowest BCUT2D eigenvalue weighted by atomic mass is 9.97. The minimum absolute atomic E-state index is 0.158. The number of aryl methyl sites for hydroxylation is 1. The molecular weight excluding hydrogens is 372 g/mol. The predicted molar refractivity (Wildman–Crippen MR) is 119 cm³/mol. The third kappa shape index (κ3) is 5.80. The van der Waals surface area contributed by atoms with Gasteiger partial charge in [0.1, 0.15) is 0 Å². The summed E-state index contributed by atoms with van der Waals surface area (Å²) in [5.41, 5.74) is 3.62. The molecule has 4 rings (SSSR count). The topological polar surface area (TPSA) is 50.2 Å². The van der Waals surface area contributed by atoms with Crippen molar-refractivity contribution in [2.75, 3.05) is 19.6 Å². The Morgan fingerprint density at radius 1 is 1.03 bits per heavy atom. The molecule has 1 fully saturated rings. The van der Waals surface area contributed by atoms with Crippen molar-refractivity contribution in [2.45, 2.75) is 32.2 Å². The summed E-state index contributed by atoms with van der Waals surface area (Å²) in [6.07, 6.45) is 7.49. The van der Waals surface area contributed by atoms with Crippen LogP contribution in [0.1, 0.15) is 30.4 Å². The van der Waals surface area contributed by atoms with Gasteiger partial charge in [0.2, 0.25) is 5.91 Å². The van der Waals surface area contributed by atoms with E-state index >= 15 is 0 Å². The number of piperidine rings is 1. The van der Waals surface area contributed by atoms with E-state index in [9.17, 15) is 4.79 Å². The molecule has 0 unspecified atom stereocenters. The molecule has 0 spiro atoms. The molecule has 1 N–H and O–H groups in total. The van der Waals surface area contributed by atoms with Crippen LogP contribution in [-0.4, -0.2) is 40.2 Å². The van der Waals surface area contributed by atoms with Crippen LogP contribution in [0.15, 0.2) is 73.1 Å². The van der Waals surface area contributed by atoms with Crippen molar-refractivity contribution in [3.05, 3.63) is 84.2 Å². The van der Waals surface area contributed by atoms with E-state index in [0.717, 1.165) is 38.3 Å². The number of hydrogen-bond donors (Lipinski definition) is 1. The van der Waals surface area contributed by atoms with Gasteiger partial charge in [0.05, 0.1) is 5.69 Å². The number of nitrogens with zero attached hydrogens (tertiary/aromatic N) is 3. The van der Waals surface area contributed by atoms with Gasteiger partial charge in [0, 0.05) is 38.4 Å². The lowest BCUT2D eigenvalue weighted by Crippen LogP contribution is -2.40. The molecule has 5 nitrogen and oxygen atoms in total. The van der Waals surface area contributed by atoms with Gasteiger partial charge < -0.3 is 5.32 Å². The molecule has 2 heterocycles. The van der Waals surface area contributed by atoms with Gasteiger partial charge in [-0.15, -0.1) is 0 Å². The molecule has 0 bridgehead atoms. The maximum absolute atomic E-state index is 12.2. The van der Waals surface area contributed by atoms with Crippen LogP contribution < -0.4 is 5.32 Å². The molecule has 0 aliphatic carbocycles. The lowest BCUT2D eigenvalue weighted by Gasteiger charge is -2.33. The zero-order valence-corrected chi connectivity index (χ0v) is 17.4. The second-order valence-corrected chi connectivity index (χ2v) is 8.15. The number of rotatable bonds is 8. The summed E-state index contributed by atoms with van der Waals surface area (Å²) in [5, 5.41) is 7.43. The van der Waals surface area contributed by atoms with Gasteiger partial charge in [-0.25, -0.2) is 4.68 Å². The monoisotopic (exact) mass is 402 g/mol. The first-order chi connectivity index (χ1) is 14.8. The fourth-order valence-electron chi connectivity index (χ4n) is 4.14. The number of likely N-dealkylation sites (tertiary alicyclic amines) is 1. The molecule has 5 heteroatoms. The highest BCUT2D eigenvalue weighted by atomic mass is 16.1. The summed E-state index contributed by atoms with van der Waals surface area (Å²) in [6, 6.07) is 20.8. The van der Waals surface area contributed by atoms with Crippen molar-refractivity contribution < 1.29 is 4.79 Å². The number of amides is 1. The molecule has 1 amide bonds. The first-order valence-electron chi connectivity index (χ1n) is 10.9. The largest absolute Gasteiger partial charge is 0.356 e. The number of aromatic nitrogens is 2. The summed E-state index contributed by atoms with van der Waals surface area (Å²) in [5.74, 6) is 0.688. The van der Waals surface area contributed by atoms with E-state index < -0.39 is 0 Å². The second kappa shape index (κ2) is 10.2. The standard InChI is InChI=1S/C25H30N4O/c30-25(14-11-21-6-2-1-3-7-21)26-18-23-8-4-16-28(20-23)19-22-9-12-24(13-10-22)29-17-5-15-27-29/h1-3,5-7,9-10,12-13,15,17,23H,4,8,11,14,16,18-20H2,(H,26,30)/t23-/m0/s1. The molecule has 1 saturated heterocycles. The minimum Gasteiger partial charge on any atom is -0.356 e. The van der Waals surface area contributed by atoms with E-state index in [1.165, 1.54) is 24.0 Å². The molecule has 2 aromatic carbocycles. The Bertz CT molecular complexity index is 906. The SMILES string of the molecule is O=C(CCc1ccccc1)NC[C@@H]1CCCN(Cc2ccc(-n3cccn3)cc2)C1. The molecule has 1 aliphatic heterocycles. The summed E-state index contributed by atoms with van der Waals surface area (Å²) >= 11 is 0. The van der Waals surface area contributed by atoms with Crippen LogP contribution in [0.25, 0.3) is 5.69 Å². The van der Waals surface area contributed by atoms with Gasteiger partial charge in [0.25, 0.3) is 0 Å². The van der Waals surface area contributed by atoms with Crippen LogP contribution in [0, 0.1) is 5.92 Å². The smallest absolute Gasteiger partial charge is 0.220 e. The van der Waals surface area contributed by atoms with Gasteiger partial charge in [-0.05, 0) is 61.1 Å². The van der Waals surface area contributed by atoms with E-state index in [-0.39, 0.29) is 5.91 Å². The normalized spacial score (nSPS) is 17.0. The van der Waals surface area contributed by atoms with Gasteiger partial charge in [0.15, 0.2) is 0 Å². The van der Waals surface area contributed by atoms with Crippen LogP contribution in [0.5, 0.6) is 0 Å². The van der Waals surface area contributed by atoms with Crippen molar-refractivity contribution >= 4 is 5.91 Å². The van der Waals surface area contributed by atoms with Crippen molar-refractivity contribution in [1.82, 2.24) is 20.0 Å². The Morgan fingerprint density at radius 2 is 1.87 bits per heavy atom. The van der Waals surface area contributed by atoms with Gasteiger partial charge in [-0.2, -0.15) is 5.10 Å². The minimum atomic E-state index is 0.158. The Labute approximate surface area is 178 Å². The van der Waals surface area contributed by atoms with E-state index in [1.54, 1.807) is 6.20 Å². The highest BCUT2D eigenvalue weighted by molar-refractivity contribution is 5.76. The molecule has 156 valence electrons. The van der Waals surface area contributed by atoms with E-state index in [0.29, 0.717) is 12.3 Å². The summed E-state index contributed by atoms with van der Waals surface area (Å²) in [7, 11) is 0. The molecule has 0 saturated carbocycles. The van der Waals surface area contributed by atoms with Crippen LogP contribution in [-0.2, 0) is 17.8 Å². The summed E-state index contributed by atoms with van der Waals surface area (Å²) in [6.45, 7) is 3.90. The van der Waals surface area contributed by atoms with E-state index in [1.807, 2.05) is 35.1 Å². The zero-order valence-electron chi connectivity index (χ0n) is 17.4. The molecule has 30 heavy (non-hydrogen) atoms. The van der Waals surface area contributed by atoms with Crippen molar-refractivity contribution in [3.8, 4) is 5.69 Å². The Balaban J connectivity index is 1.21. The van der Waals surface area contributed by atoms with Gasteiger partial charge in [-0.1, -0.05) is 42.5 Å². The summed E-state index contributed by atoms with van der Waals surface area (Å²) in [4.78, 5) is 14.7. The fourth-order valence-corrected chi connectivity index (χ4v) is 4.14. The fraction of sp³-hybridized carbons (Fsp3) is 0.360. The first-order valence-corrected chi connectivity index (χ1v) is 10.9. The van der Waals surface area contributed by atoms with Gasteiger partial charge in [-0.3, -0.25) is 9.69 Å². The Morgan fingerprint density at radius 3 is 2.63 bits per heavy atom. The zero-order chi connectivity index (χ0) is 20.6. The molecular formula is C25H30N4O. The Hall–Kier alpha value is -2.92. The molecule has 0 radical (unpaired) electrons. The molecule has 1 aliphatic rings. The summed E-state index contributed by atoms with van der Waals surface area (Å²) < 4.78 is 1.88. The maximum atomic E-state index is 12.2. The van der Waals surface area contributed by atoms with Crippen LogP contribution in [0.2, 0.25) is 0 Å². The lowest BCUT2D eigenvalue weighted by molar-refractivity contribution is -0.121. The third-order valence-electron chi connectivity index (χ3n) is 5.79. The number of benzene rings is 2. The molecule has 3 aromatic rings. The molecule has 1 aromatic heterocycles. The highest BCUT2D eigenvalue weighted by Crippen LogP contribution is 2.19. The van der Waals surface area contributed by atoms with Crippen LogP contribution in [0.3, 0.4) is 0 Å². The van der Waals surface area contributed by atoms with Gasteiger partial charge >= 0.3 is 0 Å². The van der Waals surface area contributed by atoms with Crippen LogP contribution >= 0.6 is 0 Å². The highest BCUT2D eigenvalue weighted by Gasteiger charge is 2.20. The van der Waals surface area contributed by atoms with Crippen molar-refractivity contribution in [3.63, 3.8) is 0 Å². The molecule has 1 atom stereocenters. The Kier molecular flexibility index (Phi) is 6.93. The third-order valence-corrected chi connectivity index (χ3v) is 5.79. The average molecular weight is 403 g/mol. The number of carbonyl (C=O) groups excluding carboxylic acids is 1. The average Bonchev–Trinajstić information content (AvgIpc) is 3.33. The number of nitrogens with one attached hydrogen (secondary N) is 1. The predicted octanol–water partition coefficient (Wildman–Crippen LogP) is 3.83. The first kappa shape index (κ1) is 20.4. The number of carbonyl (C=O) groups is 1. The van der Waals surface area contributed by atoms with E-state index in [2.05, 4.69) is 51.7 Å². The maximum Gasteiger partial charge on any atom is 0.220 e. The number of hydrogen-bond acceptors (Lipinski definition) is 3. The second-order valence-electron chi connectivity index (χ2n) is 8.15. The van der Waals surface area contributed by atoms with Crippen LogP contribution in [0.4, 0.5) is 0 Å². The van der Waals surface area contributed by atoms with E-state index in [4.69, 9.17) is 0 Å². The quantitative estimate of drug-likeness (QED) is 0.623. The van der Waals surface area contributed by atoms with Crippen molar-refractivity contribution in [1.29, 1.82) is 0 Å². The van der Waals surface area contributed by atoms with Crippen molar-refractivity contribution in [2.24, 2.45) is 5.92 Å².